The van der Waals surface area contributed by atoms with E-state index in [2.05, 4.69) is 31.1 Å². The van der Waals surface area contributed by atoms with Gasteiger partial charge in [-0.05, 0) is 50.4 Å². The number of fused-ring (bicyclic) bond motifs is 3. The number of H-pyrrole nitrogens is 1. The SMILES string of the molecule is CC1(NS(=O)(=O)c2ccc3c(c2)[nH]c2ncnc(C4=CCNCC4)c23)CC1. The van der Waals surface area contributed by atoms with Gasteiger partial charge in [-0.1, -0.05) is 12.1 Å². The lowest BCUT2D eigenvalue weighted by Crippen LogP contribution is -2.34. The molecule has 0 atom stereocenters. The Kier molecular flexibility index (Phi) is 3.65. The van der Waals surface area contributed by atoms with Crippen molar-refractivity contribution < 1.29 is 8.42 Å². The smallest absolute Gasteiger partial charge is 0.241 e. The van der Waals surface area contributed by atoms with E-state index in [0.717, 1.165) is 60.0 Å². The zero-order valence-corrected chi connectivity index (χ0v) is 15.9. The van der Waals surface area contributed by atoms with Gasteiger partial charge in [-0.15, -0.1) is 0 Å². The number of hydrogen-bond donors (Lipinski definition) is 3. The van der Waals surface area contributed by atoms with E-state index >= 15 is 0 Å². The largest absolute Gasteiger partial charge is 0.339 e. The molecule has 8 heteroatoms. The summed E-state index contributed by atoms with van der Waals surface area (Å²) in [4.78, 5) is 12.4. The van der Waals surface area contributed by atoms with Crippen molar-refractivity contribution in [1.82, 2.24) is 25.0 Å². The summed E-state index contributed by atoms with van der Waals surface area (Å²) in [7, 11) is -3.54. The fraction of sp³-hybridized carbons (Fsp3) is 0.368. The lowest BCUT2D eigenvalue weighted by molar-refractivity contribution is 0.558. The summed E-state index contributed by atoms with van der Waals surface area (Å²) in [6.45, 7) is 3.68. The first-order valence-corrected chi connectivity index (χ1v) is 10.6. The van der Waals surface area contributed by atoms with Crippen LogP contribution in [0, 0.1) is 0 Å². The molecule has 0 spiro atoms. The van der Waals surface area contributed by atoms with E-state index in [9.17, 15) is 8.42 Å². The summed E-state index contributed by atoms with van der Waals surface area (Å²) in [5, 5.41) is 5.20. The maximum atomic E-state index is 12.7. The molecule has 140 valence electrons. The van der Waals surface area contributed by atoms with E-state index in [1.807, 2.05) is 13.0 Å². The first-order chi connectivity index (χ1) is 13.0. The fourth-order valence-corrected chi connectivity index (χ4v) is 5.12. The minimum absolute atomic E-state index is 0.269. The maximum absolute atomic E-state index is 12.7. The van der Waals surface area contributed by atoms with Crippen molar-refractivity contribution in [1.29, 1.82) is 0 Å². The first kappa shape index (κ1) is 16.9. The summed E-state index contributed by atoms with van der Waals surface area (Å²) < 4.78 is 28.2. The molecule has 3 heterocycles. The third-order valence-electron chi connectivity index (χ3n) is 5.42. The molecule has 1 aliphatic heterocycles. The van der Waals surface area contributed by atoms with Gasteiger partial charge < -0.3 is 10.3 Å². The summed E-state index contributed by atoms with van der Waals surface area (Å²) in [6.07, 6.45) is 6.38. The molecule has 1 fully saturated rings. The number of aromatic amines is 1. The van der Waals surface area contributed by atoms with Gasteiger partial charge in [0.2, 0.25) is 10.0 Å². The van der Waals surface area contributed by atoms with E-state index in [1.165, 1.54) is 5.57 Å². The van der Waals surface area contributed by atoms with Crippen LogP contribution in [0.3, 0.4) is 0 Å². The monoisotopic (exact) mass is 383 g/mol. The number of benzene rings is 1. The van der Waals surface area contributed by atoms with Gasteiger partial charge in [0.05, 0.1) is 16.0 Å². The van der Waals surface area contributed by atoms with Crippen LogP contribution < -0.4 is 10.0 Å². The molecule has 0 saturated heterocycles. The van der Waals surface area contributed by atoms with Crippen molar-refractivity contribution in [2.45, 2.75) is 36.6 Å². The van der Waals surface area contributed by atoms with Crippen molar-refractivity contribution in [3.63, 3.8) is 0 Å². The van der Waals surface area contributed by atoms with Crippen LogP contribution >= 0.6 is 0 Å². The van der Waals surface area contributed by atoms with Gasteiger partial charge in [0.1, 0.15) is 12.0 Å². The Labute approximate surface area is 157 Å². The third kappa shape index (κ3) is 2.93. The number of hydrogen-bond acceptors (Lipinski definition) is 5. The predicted octanol–water partition coefficient (Wildman–Crippen LogP) is 2.32. The molecule has 0 unspecified atom stereocenters. The average molecular weight is 383 g/mol. The molecule has 0 bridgehead atoms. The van der Waals surface area contributed by atoms with Gasteiger partial charge in [0.15, 0.2) is 0 Å². The quantitative estimate of drug-likeness (QED) is 0.642. The molecule has 27 heavy (non-hydrogen) atoms. The van der Waals surface area contributed by atoms with Crippen LogP contribution in [0.4, 0.5) is 0 Å². The Morgan fingerprint density at radius 1 is 1.22 bits per heavy atom. The standard InChI is InChI=1S/C19H21N5O2S/c1-19(6-7-19)24-27(25,26)13-2-3-14-15(10-13)23-18-16(14)17(21-11-22-18)12-4-8-20-9-5-12/h2-4,10-11,20,24H,5-9H2,1H3,(H,21,22,23). The van der Waals surface area contributed by atoms with Crippen LogP contribution in [-0.2, 0) is 10.0 Å². The molecule has 3 aromatic rings. The normalized spacial score (nSPS) is 19.4. The lowest BCUT2D eigenvalue weighted by atomic mass is 10.0. The van der Waals surface area contributed by atoms with Crippen LogP contribution in [0.25, 0.3) is 27.5 Å². The minimum atomic E-state index is -3.54. The molecule has 1 saturated carbocycles. The lowest BCUT2D eigenvalue weighted by Gasteiger charge is -2.14. The molecular weight excluding hydrogens is 362 g/mol. The van der Waals surface area contributed by atoms with Crippen molar-refractivity contribution in [2.24, 2.45) is 0 Å². The van der Waals surface area contributed by atoms with Crippen molar-refractivity contribution in [3.05, 3.63) is 36.3 Å². The molecule has 0 amide bonds. The number of rotatable bonds is 4. The molecule has 3 N–H and O–H groups in total. The summed E-state index contributed by atoms with van der Waals surface area (Å²) in [6, 6.07) is 5.20. The van der Waals surface area contributed by atoms with Crippen LogP contribution in [0.1, 0.15) is 31.9 Å². The molecular formula is C19H21N5O2S. The van der Waals surface area contributed by atoms with E-state index in [4.69, 9.17) is 0 Å². The van der Waals surface area contributed by atoms with Gasteiger partial charge in [0, 0.05) is 23.0 Å². The van der Waals surface area contributed by atoms with Crippen LogP contribution in [-0.4, -0.2) is 42.0 Å². The average Bonchev–Trinajstić information content (AvgIpc) is 3.25. The van der Waals surface area contributed by atoms with E-state index in [1.54, 1.807) is 18.5 Å². The molecule has 1 aromatic carbocycles. The van der Waals surface area contributed by atoms with Gasteiger partial charge in [-0.3, -0.25) is 0 Å². The highest BCUT2D eigenvalue weighted by molar-refractivity contribution is 7.89. The Balaban J connectivity index is 1.65. The van der Waals surface area contributed by atoms with Gasteiger partial charge in [-0.2, -0.15) is 0 Å². The van der Waals surface area contributed by atoms with Gasteiger partial charge in [0.25, 0.3) is 0 Å². The van der Waals surface area contributed by atoms with Gasteiger partial charge >= 0.3 is 0 Å². The Morgan fingerprint density at radius 2 is 2.07 bits per heavy atom. The molecule has 0 radical (unpaired) electrons. The zero-order chi connectivity index (χ0) is 18.6. The second kappa shape index (κ2) is 5.85. The molecule has 2 aromatic heterocycles. The summed E-state index contributed by atoms with van der Waals surface area (Å²) in [5.74, 6) is 0. The Morgan fingerprint density at radius 3 is 2.81 bits per heavy atom. The number of nitrogens with zero attached hydrogens (tertiary/aromatic N) is 2. The fourth-order valence-electron chi connectivity index (χ4n) is 3.63. The first-order valence-electron chi connectivity index (χ1n) is 9.16. The minimum Gasteiger partial charge on any atom is -0.339 e. The van der Waals surface area contributed by atoms with Crippen LogP contribution in [0.15, 0.2) is 35.5 Å². The summed E-state index contributed by atoms with van der Waals surface area (Å²) in [5.41, 5.74) is 3.30. The van der Waals surface area contributed by atoms with Crippen molar-refractivity contribution in [2.75, 3.05) is 13.1 Å². The second-order valence-corrected chi connectivity index (χ2v) is 9.31. The summed E-state index contributed by atoms with van der Waals surface area (Å²) >= 11 is 0. The van der Waals surface area contributed by atoms with Gasteiger partial charge in [-0.25, -0.2) is 23.1 Å². The highest BCUT2D eigenvalue weighted by Gasteiger charge is 2.41. The second-order valence-electron chi connectivity index (χ2n) is 7.63. The third-order valence-corrected chi connectivity index (χ3v) is 7.06. The van der Waals surface area contributed by atoms with Crippen molar-refractivity contribution >= 4 is 37.5 Å². The number of nitrogens with one attached hydrogen (secondary N) is 3. The topological polar surface area (TPSA) is 99.8 Å². The van der Waals surface area contributed by atoms with E-state index < -0.39 is 10.0 Å². The molecule has 7 nitrogen and oxygen atoms in total. The molecule has 5 rings (SSSR count). The number of sulfonamides is 1. The van der Waals surface area contributed by atoms with E-state index in [-0.39, 0.29) is 10.4 Å². The predicted molar refractivity (Wildman–Crippen MR) is 105 cm³/mol. The highest BCUT2D eigenvalue weighted by Crippen LogP contribution is 2.37. The maximum Gasteiger partial charge on any atom is 0.241 e. The number of aromatic nitrogens is 3. The Bertz CT molecular complexity index is 1190. The van der Waals surface area contributed by atoms with Crippen LogP contribution in [0.5, 0.6) is 0 Å². The zero-order valence-electron chi connectivity index (χ0n) is 15.0. The van der Waals surface area contributed by atoms with Crippen molar-refractivity contribution in [3.8, 4) is 0 Å². The highest BCUT2D eigenvalue weighted by atomic mass is 32.2. The molecule has 1 aliphatic carbocycles. The van der Waals surface area contributed by atoms with E-state index in [0.29, 0.717) is 0 Å². The van der Waals surface area contributed by atoms with Crippen LogP contribution in [0.2, 0.25) is 0 Å². The Hall–Kier alpha value is -2.29. The molecule has 2 aliphatic rings.